The minimum absolute atomic E-state index is 0.538. The van der Waals surface area contributed by atoms with Gasteiger partial charge in [0, 0.05) is 89.2 Å². The summed E-state index contributed by atoms with van der Waals surface area (Å²) in [7, 11) is 0. The van der Waals surface area contributed by atoms with Crippen LogP contribution in [-0.4, -0.2) is 24.9 Å². The SMILES string of the molecule is c1ccc(-c2cc(-c3cccc4c3-c3ccccc3C43c4ccccc4-c4c3oc3ccccc43)nc3ccccc23)cc1.c1ccc(-c2ccc(-c3cc(-c4cccc5c4C4(c6ccccc6-c6ccccc64)c4oc6ccccc6c4-5)nc4ccccc34)cn2)cc1.c1ccc2c(c1)-c1ccc(-c3ncc4ccccc4n3)cc1C21c2ccccc2-c2c1oc1ccccc21. The number of pyridine rings is 3. The molecule has 0 N–H and O–H groups in total. The molecule has 0 bridgehead atoms. The molecule has 612 valence electrons. The summed E-state index contributed by atoms with van der Waals surface area (Å²) >= 11 is 0. The molecule has 30 rings (SSSR count). The molecule has 2 atom stereocenters. The molecule has 24 aromatic rings. The zero-order valence-electron chi connectivity index (χ0n) is 71.1. The second kappa shape index (κ2) is 28.3. The van der Waals surface area contributed by atoms with Gasteiger partial charge in [0.15, 0.2) is 5.82 Å². The number of nitrogens with zero attached hydrogens (tertiary/aromatic N) is 5. The van der Waals surface area contributed by atoms with Crippen molar-refractivity contribution in [3.8, 4) is 134 Å². The van der Waals surface area contributed by atoms with Crippen LogP contribution in [0.3, 0.4) is 0 Å². The topological polar surface area (TPSA) is 104 Å². The van der Waals surface area contributed by atoms with Crippen molar-refractivity contribution in [2.24, 2.45) is 0 Å². The Labute approximate surface area is 759 Å². The second-order valence-electron chi connectivity index (χ2n) is 35.2. The zero-order valence-corrected chi connectivity index (χ0v) is 71.1. The van der Waals surface area contributed by atoms with Gasteiger partial charge in [0.25, 0.3) is 0 Å². The fourth-order valence-corrected chi connectivity index (χ4v) is 23.5. The quantitative estimate of drug-likeness (QED) is 0.162. The summed E-state index contributed by atoms with van der Waals surface area (Å²) in [5.41, 5.74) is 41.6. The van der Waals surface area contributed by atoms with E-state index in [4.69, 9.17) is 38.2 Å². The van der Waals surface area contributed by atoms with E-state index in [0.717, 1.165) is 139 Å². The van der Waals surface area contributed by atoms with Gasteiger partial charge in [0.2, 0.25) is 0 Å². The zero-order chi connectivity index (χ0) is 86.5. The van der Waals surface area contributed by atoms with E-state index in [1.54, 1.807) is 0 Å². The molecule has 2 unspecified atom stereocenters. The average Bonchev–Trinajstić information content (AvgIpc) is 1.50. The minimum atomic E-state index is -0.639. The largest absolute Gasteiger partial charge is 0.459 e. The molecular weight excluding hydrogens is 1610 g/mol. The van der Waals surface area contributed by atoms with Gasteiger partial charge in [-0.2, -0.15) is 0 Å². The molecule has 0 saturated carbocycles. The maximum Gasteiger partial charge on any atom is 0.159 e. The van der Waals surface area contributed by atoms with Gasteiger partial charge in [0.1, 0.15) is 50.3 Å². The fourth-order valence-electron chi connectivity index (χ4n) is 23.5. The highest BCUT2D eigenvalue weighted by molar-refractivity contribution is 6.11. The van der Waals surface area contributed by atoms with Crippen LogP contribution in [0, 0.1) is 0 Å². The minimum Gasteiger partial charge on any atom is -0.459 e. The number of furan rings is 3. The third-order valence-corrected chi connectivity index (χ3v) is 28.7. The monoisotopic (exact) mass is 1680 g/mol. The van der Waals surface area contributed by atoms with Crippen molar-refractivity contribution in [2.45, 2.75) is 16.2 Å². The van der Waals surface area contributed by atoms with Crippen LogP contribution < -0.4 is 0 Å². The van der Waals surface area contributed by atoms with Crippen LogP contribution in [0.25, 0.3) is 200 Å². The molecule has 6 aliphatic carbocycles. The van der Waals surface area contributed by atoms with Crippen molar-refractivity contribution < 1.29 is 13.3 Å². The summed E-state index contributed by atoms with van der Waals surface area (Å²) in [5.74, 6) is 3.73. The Balaban J connectivity index is 0.0000001000. The molecule has 7 aromatic heterocycles. The molecule has 7 heterocycles. The van der Waals surface area contributed by atoms with Crippen LogP contribution in [0.2, 0.25) is 0 Å². The lowest BCUT2D eigenvalue weighted by Crippen LogP contribution is -2.26. The molecule has 0 saturated heterocycles. The molecule has 8 heteroatoms. The van der Waals surface area contributed by atoms with E-state index in [2.05, 4.69) is 382 Å². The van der Waals surface area contributed by atoms with Crippen LogP contribution in [0.1, 0.15) is 67.4 Å². The first kappa shape index (κ1) is 73.8. The van der Waals surface area contributed by atoms with Crippen LogP contribution in [0.5, 0.6) is 0 Å². The fraction of sp³-hybridized carbons (Fsp3) is 0.0242. The normalized spacial score (nSPS) is 15.1. The third-order valence-electron chi connectivity index (χ3n) is 28.7. The summed E-state index contributed by atoms with van der Waals surface area (Å²) in [6.45, 7) is 0. The lowest BCUT2D eigenvalue weighted by atomic mass is 9.71. The average molecular weight is 1680 g/mol. The van der Waals surface area contributed by atoms with E-state index in [0.29, 0.717) is 0 Å². The van der Waals surface area contributed by atoms with Gasteiger partial charge in [-0.25, -0.2) is 19.9 Å². The van der Waals surface area contributed by atoms with Crippen molar-refractivity contribution in [3.05, 3.63) is 510 Å². The molecule has 3 spiro atoms. The molecular formula is C124H73N5O3. The number of rotatable bonds is 6. The Morgan fingerprint density at radius 3 is 1.12 bits per heavy atom. The molecule has 0 fully saturated rings. The number of fused-ring (bicyclic) bond motifs is 39. The Hall–Kier alpha value is -17.3. The number of hydrogen-bond acceptors (Lipinski definition) is 8. The maximum absolute atomic E-state index is 7.02. The molecule has 132 heavy (non-hydrogen) atoms. The molecule has 6 aliphatic rings. The lowest BCUT2D eigenvalue weighted by Gasteiger charge is -2.30. The number of aromatic nitrogens is 5. The van der Waals surface area contributed by atoms with Crippen molar-refractivity contribution in [1.82, 2.24) is 24.9 Å². The van der Waals surface area contributed by atoms with Crippen LogP contribution in [0.4, 0.5) is 0 Å². The lowest BCUT2D eigenvalue weighted by molar-refractivity contribution is 0.506. The van der Waals surface area contributed by atoms with E-state index in [-0.39, 0.29) is 0 Å². The molecule has 17 aromatic carbocycles. The van der Waals surface area contributed by atoms with Gasteiger partial charge in [0.05, 0.1) is 33.6 Å². The molecule has 0 amide bonds. The van der Waals surface area contributed by atoms with Gasteiger partial charge in [-0.05, 0) is 177 Å². The van der Waals surface area contributed by atoms with E-state index in [9.17, 15) is 0 Å². The highest BCUT2D eigenvalue weighted by atomic mass is 16.3. The van der Waals surface area contributed by atoms with Crippen LogP contribution in [-0.2, 0) is 16.2 Å². The Kier molecular flexibility index (Phi) is 15.8. The maximum atomic E-state index is 7.02. The number of para-hydroxylation sites is 6. The predicted molar refractivity (Wildman–Crippen MR) is 532 cm³/mol. The van der Waals surface area contributed by atoms with Crippen molar-refractivity contribution in [2.75, 3.05) is 0 Å². The number of benzene rings is 17. The Morgan fingerprint density at radius 1 is 0.189 bits per heavy atom. The van der Waals surface area contributed by atoms with E-state index in [1.165, 1.54) is 128 Å². The van der Waals surface area contributed by atoms with Gasteiger partial charge in [-0.15, -0.1) is 0 Å². The van der Waals surface area contributed by atoms with Gasteiger partial charge in [-0.1, -0.05) is 370 Å². The van der Waals surface area contributed by atoms with Crippen molar-refractivity contribution >= 4 is 65.6 Å². The van der Waals surface area contributed by atoms with Crippen molar-refractivity contribution in [1.29, 1.82) is 0 Å². The summed E-state index contributed by atoms with van der Waals surface area (Å²) in [6, 6.07) is 153. The summed E-state index contributed by atoms with van der Waals surface area (Å²) in [6.07, 6.45) is 3.91. The van der Waals surface area contributed by atoms with Gasteiger partial charge < -0.3 is 13.3 Å². The second-order valence-corrected chi connectivity index (χ2v) is 35.2. The first-order valence-corrected chi connectivity index (χ1v) is 45.1. The highest BCUT2D eigenvalue weighted by Gasteiger charge is 2.59. The summed E-state index contributed by atoms with van der Waals surface area (Å²) < 4.78 is 20.7. The standard InChI is InChI=1S/C47H28N2O.C42H25NO.C35H20N2O/c1-2-13-29(14-3-1)40-26-25-30(28-48-40)37-27-42(49-41-23-10-6-17-33(37)41)34-19-12-20-36-44-35-18-7-11-24-43(35)50-46(44)47(45(34)36)38-21-8-4-15-31(38)32-16-5-9-22-39(32)47;1-2-13-26(14-3-1)32-25-37(43-36-23-10-6-15-27(32)36)30-19-12-22-35-39(30)28-16-4-8-20-33(28)42(35)34-21-9-5-17-29(34)40-31-18-7-11-24-38(31)44-41(40)42;1-7-15-30-22(9-1)20-36-34(37-30)21-17-18-24-23-10-2-5-13-27(23)35(29(24)19-21)28-14-6-3-11-25(28)32-26-12-4-8-16-31(26)38-33(32)35/h1-28H;1-25H;1-20H. The first-order chi connectivity index (χ1) is 65.5. The summed E-state index contributed by atoms with van der Waals surface area (Å²) in [5, 5.41) is 6.75. The first-order valence-electron chi connectivity index (χ1n) is 45.1. The smallest absolute Gasteiger partial charge is 0.159 e. The van der Waals surface area contributed by atoms with E-state index in [1.807, 2.05) is 60.9 Å². The molecule has 0 radical (unpaired) electrons. The Bertz CT molecular complexity index is 8970. The molecule has 0 aliphatic heterocycles. The van der Waals surface area contributed by atoms with Gasteiger partial charge >= 0.3 is 0 Å². The van der Waals surface area contributed by atoms with Crippen LogP contribution >= 0.6 is 0 Å². The van der Waals surface area contributed by atoms with E-state index >= 15 is 0 Å². The van der Waals surface area contributed by atoms with Gasteiger partial charge in [-0.3, -0.25) is 4.98 Å². The highest BCUT2D eigenvalue weighted by Crippen LogP contribution is 2.70. The molecule has 8 nitrogen and oxygen atoms in total. The number of hydrogen-bond donors (Lipinski definition) is 0. The van der Waals surface area contributed by atoms with E-state index < -0.39 is 16.2 Å². The Morgan fingerprint density at radius 2 is 0.568 bits per heavy atom. The van der Waals surface area contributed by atoms with Crippen molar-refractivity contribution in [3.63, 3.8) is 0 Å². The third kappa shape index (κ3) is 10.2. The summed E-state index contributed by atoms with van der Waals surface area (Å²) in [4.78, 5) is 25.3. The predicted octanol–water partition coefficient (Wildman–Crippen LogP) is 30.8. The van der Waals surface area contributed by atoms with Crippen LogP contribution in [0.15, 0.2) is 456 Å².